The maximum Gasteiger partial charge on any atom is 0.257 e. The maximum absolute atomic E-state index is 13.4. The third-order valence-corrected chi connectivity index (χ3v) is 8.64. The van der Waals surface area contributed by atoms with E-state index in [4.69, 9.17) is 4.98 Å². The van der Waals surface area contributed by atoms with Gasteiger partial charge in [0.05, 0.1) is 27.3 Å². The number of benzene rings is 3. The van der Waals surface area contributed by atoms with E-state index in [-0.39, 0.29) is 11.7 Å². The molecule has 1 aromatic heterocycles. The Hall–Kier alpha value is -3.49. The first kappa shape index (κ1) is 22.3. The molecule has 8 heteroatoms. The molecule has 4 aromatic rings. The summed E-state index contributed by atoms with van der Waals surface area (Å²) in [7, 11) is -3.22. The van der Waals surface area contributed by atoms with Gasteiger partial charge in [-0.05, 0) is 60.9 Å². The number of rotatable bonds is 5. The molecule has 1 aliphatic rings. The molecule has 0 saturated carbocycles. The van der Waals surface area contributed by atoms with Crippen LogP contribution >= 0.6 is 11.3 Å². The van der Waals surface area contributed by atoms with Crippen LogP contribution < -0.4 is 9.21 Å². The number of hydrogen-bond acceptors (Lipinski definition) is 5. The Morgan fingerprint density at radius 3 is 2.47 bits per heavy atom. The van der Waals surface area contributed by atoms with Crippen molar-refractivity contribution < 1.29 is 13.2 Å². The number of para-hydroxylation sites is 2. The van der Waals surface area contributed by atoms with Crippen molar-refractivity contribution in [1.82, 2.24) is 4.98 Å². The van der Waals surface area contributed by atoms with Crippen LogP contribution in [0.2, 0.25) is 0 Å². The Morgan fingerprint density at radius 1 is 1.03 bits per heavy atom. The zero-order chi connectivity index (χ0) is 23.7. The lowest BCUT2D eigenvalue weighted by atomic mass is 10.1. The first-order chi connectivity index (χ1) is 16.4. The number of hydrogen-bond donors (Lipinski definition) is 0. The van der Waals surface area contributed by atoms with Crippen LogP contribution in [0.4, 0.5) is 16.5 Å². The molecule has 2 heterocycles. The predicted octanol–water partition coefficient (Wildman–Crippen LogP) is 5.52. The van der Waals surface area contributed by atoms with Crippen LogP contribution in [0.1, 0.15) is 17.5 Å². The van der Waals surface area contributed by atoms with Gasteiger partial charge in [-0.3, -0.25) is 14.0 Å². The number of nitrogens with zero attached hydrogens (tertiary/aromatic N) is 3. The Labute approximate surface area is 202 Å². The molecule has 0 radical (unpaired) electrons. The molecule has 1 saturated heterocycles. The van der Waals surface area contributed by atoms with Gasteiger partial charge in [0.15, 0.2) is 5.13 Å². The normalized spacial score (nSPS) is 15.3. The highest BCUT2D eigenvalue weighted by Crippen LogP contribution is 2.35. The van der Waals surface area contributed by atoms with Crippen molar-refractivity contribution in [1.29, 1.82) is 0 Å². The third kappa shape index (κ3) is 4.34. The topological polar surface area (TPSA) is 70.6 Å². The fourth-order valence-corrected chi connectivity index (χ4v) is 6.56. The molecule has 3 aromatic carbocycles. The SMILES string of the molecule is Cc1ccccc1N(C(=O)/C=C/c1ccc(N2CCCS2(=O)=O)cc1)c1nc2ccccc2s1. The van der Waals surface area contributed by atoms with E-state index in [1.54, 1.807) is 23.1 Å². The highest BCUT2D eigenvalue weighted by Gasteiger charge is 2.28. The number of aromatic nitrogens is 1. The summed E-state index contributed by atoms with van der Waals surface area (Å²) in [6.07, 6.45) is 3.91. The van der Waals surface area contributed by atoms with E-state index < -0.39 is 10.0 Å². The van der Waals surface area contributed by atoms with E-state index >= 15 is 0 Å². The van der Waals surface area contributed by atoms with Gasteiger partial charge in [-0.1, -0.05) is 53.8 Å². The monoisotopic (exact) mass is 489 g/mol. The molecule has 0 unspecified atom stereocenters. The molecule has 0 atom stereocenters. The molecule has 1 aliphatic heterocycles. The fraction of sp³-hybridized carbons (Fsp3) is 0.154. The van der Waals surface area contributed by atoms with Gasteiger partial charge in [0.25, 0.3) is 5.91 Å². The minimum atomic E-state index is -3.22. The predicted molar refractivity (Wildman–Crippen MR) is 139 cm³/mol. The number of carbonyl (C=O) groups excluding carboxylic acids is 1. The second kappa shape index (κ2) is 9.04. The van der Waals surface area contributed by atoms with E-state index in [0.29, 0.717) is 23.8 Å². The number of carbonyl (C=O) groups is 1. The minimum Gasteiger partial charge on any atom is -0.270 e. The Morgan fingerprint density at radius 2 is 1.76 bits per heavy atom. The van der Waals surface area contributed by atoms with Crippen molar-refractivity contribution in [2.45, 2.75) is 13.3 Å². The first-order valence-electron chi connectivity index (χ1n) is 11.0. The average molecular weight is 490 g/mol. The van der Waals surface area contributed by atoms with Crippen molar-refractivity contribution in [2.24, 2.45) is 0 Å². The first-order valence-corrected chi connectivity index (χ1v) is 13.4. The Balaban J connectivity index is 1.44. The Bertz CT molecular complexity index is 1460. The lowest BCUT2D eigenvalue weighted by molar-refractivity contribution is -0.113. The molecule has 34 heavy (non-hydrogen) atoms. The van der Waals surface area contributed by atoms with Gasteiger partial charge >= 0.3 is 0 Å². The van der Waals surface area contributed by atoms with Gasteiger partial charge in [-0.15, -0.1) is 0 Å². The number of thiazole rings is 1. The number of aryl methyl sites for hydroxylation is 1. The Kier molecular flexibility index (Phi) is 5.93. The molecular weight excluding hydrogens is 466 g/mol. The van der Waals surface area contributed by atoms with Crippen molar-refractivity contribution in [3.63, 3.8) is 0 Å². The number of anilines is 3. The molecule has 1 fully saturated rings. The molecule has 0 N–H and O–H groups in total. The fourth-order valence-electron chi connectivity index (χ4n) is 4.01. The molecule has 1 amide bonds. The van der Waals surface area contributed by atoms with Crippen LogP contribution in [0.3, 0.4) is 0 Å². The van der Waals surface area contributed by atoms with Crippen molar-refractivity contribution in [2.75, 3.05) is 21.5 Å². The average Bonchev–Trinajstić information content (AvgIpc) is 3.42. The summed E-state index contributed by atoms with van der Waals surface area (Å²) in [6, 6.07) is 22.8. The molecular formula is C26H23N3O3S2. The van der Waals surface area contributed by atoms with E-state index in [2.05, 4.69) is 0 Å². The lowest BCUT2D eigenvalue weighted by Crippen LogP contribution is -2.25. The molecule has 0 aliphatic carbocycles. The highest BCUT2D eigenvalue weighted by molar-refractivity contribution is 7.93. The maximum atomic E-state index is 13.4. The van der Waals surface area contributed by atoms with Gasteiger partial charge in [0, 0.05) is 12.6 Å². The summed E-state index contributed by atoms with van der Waals surface area (Å²) in [5, 5.41) is 0.611. The van der Waals surface area contributed by atoms with Crippen LogP contribution in [0, 0.1) is 6.92 Å². The second-order valence-electron chi connectivity index (χ2n) is 8.09. The molecule has 6 nitrogen and oxygen atoms in total. The van der Waals surface area contributed by atoms with Crippen LogP contribution in [0.15, 0.2) is 78.9 Å². The van der Waals surface area contributed by atoms with Gasteiger partial charge < -0.3 is 0 Å². The molecule has 5 rings (SSSR count). The second-order valence-corrected chi connectivity index (χ2v) is 11.1. The van der Waals surface area contributed by atoms with Gasteiger partial charge in [0.1, 0.15) is 0 Å². The lowest BCUT2D eigenvalue weighted by Gasteiger charge is -2.20. The van der Waals surface area contributed by atoms with E-state index in [1.807, 2.05) is 67.6 Å². The summed E-state index contributed by atoms with van der Waals surface area (Å²) in [6.45, 7) is 2.47. The number of sulfonamides is 1. The largest absolute Gasteiger partial charge is 0.270 e. The van der Waals surface area contributed by atoms with Crippen molar-refractivity contribution in [3.05, 3.63) is 90.0 Å². The standard InChI is InChI=1S/C26H23N3O3S2/c1-19-7-2-4-9-23(19)29(26-27-22-8-3-5-10-24(22)33-26)25(30)16-13-20-11-14-21(15-12-20)28-17-6-18-34(28,31)32/h2-5,7-16H,6,17-18H2,1H3/b16-13+. The van der Waals surface area contributed by atoms with Gasteiger partial charge in [-0.2, -0.15) is 0 Å². The smallest absolute Gasteiger partial charge is 0.257 e. The van der Waals surface area contributed by atoms with Crippen molar-refractivity contribution in [3.8, 4) is 0 Å². The van der Waals surface area contributed by atoms with E-state index in [9.17, 15) is 13.2 Å². The van der Waals surface area contributed by atoms with Gasteiger partial charge in [-0.25, -0.2) is 13.4 Å². The highest BCUT2D eigenvalue weighted by atomic mass is 32.2. The summed E-state index contributed by atoms with van der Waals surface area (Å²) >= 11 is 1.47. The molecule has 0 bridgehead atoms. The zero-order valence-electron chi connectivity index (χ0n) is 18.6. The minimum absolute atomic E-state index is 0.184. The van der Waals surface area contributed by atoms with Crippen LogP contribution in [-0.2, 0) is 14.8 Å². The summed E-state index contributed by atoms with van der Waals surface area (Å²) in [5.74, 6) is -0.0246. The van der Waals surface area contributed by atoms with Gasteiger partial charge in [0.2, 0.25) is 10.0 Å². The van der Waals surface area contributed by atoms with E-state index in [1.165, 1.54) is 21.7 Å². The summed E-state index contributed by atoms with van der Waals surface area (Å²) in [5.41, 5.74) is 4.07. The van der Waals surface area contributed by atoms with Crippen LogP contribution in [-0.4, -0.2) is 31.6 Å². The summed E-state index contributed by atoms with van der Waals surface area (Å²) in [4.78, 5) is 19.8. The third-order valence-electron chi connectivity index (χ3n) is 5.75. The van der Waals surface area contributed by atoms with Crippen molar-refractivity contribution >= 4 is 60.1 Å². The number of fused-ring (bicyclic) bond motifs is 1. The number of amides is 1. The quantitative estimate of drug-likeness (QED) is 0.346. The molecule has 0 spiro atoms. The van der Waals surface area contributed by atoms with E-state index in [0.717, 1.165) is 27.0 Å². The summed E-state index contributed by atoms with van der Waals surface area (Å²) < 4.78 is 26.8. The van der Waals surface area contributed by atoms with Crippen LogP contribution in [0.5, 0.6) is 0 Å². The molecule has 172 valence electrons. The van der Waals surface area contributed by atoms with Crippen LogP contribution in [0.25, 0.3) is 16.3 Å². The zero-order valence-corrected chi connectivity index (χ0v) is 20.2.